The van der Waals surface area contributed by atoms with E-state index in [1.165, 1.54) is 25.7 Å². The number of nitrogens with zero attached hydrogens (tertiary/aromatic N) is 1. The average molecular weight is 250 g/mol. The van der Waals surface area contributed by atoms with Crippen LogP contribution < -0.4 is 10.6 Å². The van der Waals surface area contributed by atoms with Crippen molar-refractivity contribution in [2.45, 2.75) is 45.6 Å². The molecule has 1 aromatic rings. The zero-order valence-electron chi connectivity index (χ0n) is 11.4. The van der Waals surface area contributed by atoms with E-state index in [0.29, 0.717) is 5.56 Å². The molecule has 0 bridgehead atoms. The van der Waals surface area contributed by atoms with Crippen LogP contribution in [-0.4, -0.2) is 13.1 Å². The molecule has 1 atom stereocenters. The van der Waals surface area contributed by atoms with Crippen molar-refractivity contribution in [3.05, 3.63) is 29.1 Å². The summed E-state index contributed by atoms with van der Waals surface area (Å²) >= 11 is 0. The Bertz CT molecular complexity index is 407. The van der Waals surface area contributed by atoms with Crippen molar-refractivity contribution in [3.63, 3.8) is 0 Å². The molecule has 0 unspecified atom stereocenters. The van der Waals surface area contributed by atoms with Gasteiger partial charge in [0.1, 0.15) is 5.82 Å². The summed E-state index contributed by atoms with van der Waals surface area (Å²) in [5.74, 6) is -0.152. The van der Waals surface area contributed by atoms with E-state index in [0.717, 1.165) is 24.3 Å². The van der Waals surface area contributed by atoms with Gasteiger partial charge in [0, 0.05) is 24.8 Å². The molecule has 0 amide bonds. The molecular weight excluding hydrogens is 227 g/mol. The second kappa shape index (κ2) is 5.70. The van der Waals surface area contributed by atoms with Crippen LogP contribution in [0, 0.1) is 12.7 Å². The second-order valence-electron chi connectivity index (χ2n) is 5.35. The number of halogens is 1. The van der Waals surface area contributed by atoms with Gasteiger partial charge in [0.15, 0.2) is 0 Å². The minimum absolute atomic E-state index is 0.127. The maximum atomic E-state index is 13.7. The third-order valence-corrected chi connectivity index (χ3v) is 3.75. The summed E-state index contributed by atoms with van der Waals surface area (Å²) in [6, 6.07) is 3.44. The van der Waals surface area contributed by atoms with E-state index in [-0.39, 0.29) is 11.9 Å². The molecule has 0 aromatic heterocycles. The Labute approximate surface area is 109 Å². The summed E-state index contributed by atoms with van der Waals surface area (Å²) in [5.41, 5.74) is 8.75. The van der Waals surface area contributed by atoms with Crippen molar-refractivity contribution in [2.24, 2.45) is 5.73 Å². The zero-order valence-corrected chi connectivity index (χ0v) is 11.4. The van der Waals surface area contributed by atoms with Crippen LogP contribution in [-0.2, 0) is 0 Å². The smallest absolute Gasteiger partial charge is 0.126 e. The summed E-state index contributed by atoms with van der Waals surface area (Å²) in [7, 11) is 0. The maximum absolute atomic E-state index is 13.7. The van der Waals surface area contributed by atoms with Crippen LogP contribution in [0.15, 0.2) is 12.1 Å². The van der Waals surface area contributed by atoms with Gasteiger partial charge in [0.2, 0.25) is 0 Å². The van der Waals surface area contributed by atoms with Crippen molar-refractivity contribution in [1.29, 1.82) is 0 Å². The number of benzene rings is 1. The highest BCUT2D eigenvalue weighted by atomic mass is 19.1. The SMILES string of the molecule is Cc1cc(N2CCCCCC2)c([C@H](C)N)cc1F. The molecule has 1 aromatic carbocycles. The molecule has 100 valence electrons. The predicted molar refractivity (Wildman–Crippen MR) is 74.4 cm³/mol. The van der Waals surface area contributed by atoms with Crippen LogP contribution in [0.25, 0.3) is 0 Å². The summed E-state index contributed by atoms with van der Waals surface area (Å²) in [4.78, 5) is 2.37. The molecule has 1 aliphatic rings. The van der Waals surface area contributed by atoms with Crippen LogP contribution in [0.2, 0.25) is 0 Å². The highest BCUT2D eigenvalue weighted by molar-refractivity contribution is 5.57. The largest absolute Gasteiger partial charge is 0.371 e. The van der Waals surface area contributed by atoms with Gasteiger partial charge in [-0.1, -0.05) is 12.8 Å². The van der Waals surface area contributed by atoms with Gasteiger partial charge in [0.25, 0.3) is 0 Å². The molecule has 0 saturated carbocycles. The molecule has 0 radical (unpaired) electrons. The van der Waals surface area contributed by atoms with E-state index in [9.17, 15) is 4.39 Å². The Morgan fingerprint density at radius 2 is 1.78 bits per heavy atom. The molecule has 0 spiro atoms. The first kappa shape index (κ1) is 13.3. The number of nitrogens with two attached hydrogens (primary N) is 1. The van der Waals surface area contributed by atoms with Crippen LogP contribution in [0.4, 0.5) is 10.1 Å². The fourth-order valence-electron chi connectivity index (χ4n) is 2.63. The first-order valence-corrected chi connectivity index (χ1v) is 6.90. The third-order valence-electron chi connectivity index (χ3n) is 3.75. The Morgan fingerprint density at radius 1 is 1.17 bits per heavy atom. The van der Waals surface area contributed by atoms with Crippen molar-refractivity contribution >= 4 is 5.69 Å². The molecule has 2 N–H and O–H groups in total. The Balaban J connectivity index is 2.37. The highest BCUT2D eigenvalue weighted by Crippen LogP contribution is 2.30. The monoisotopic (exact) mass is 250 g/mol. The fourth-order valence-corrected chi connectivity index (χ4v) is 2.63. The van der Waals surface area contributed by atoms with Crippen molar-refractivity contribution in [3.8, 4) is 0 Å². The standard InChI is InChI=1S/C15H23FN2/c1-11-9-15(13(12(2)17)10-14(11)16)18-7-5-3-4-6-8-18/h9-10,12H,3-8,17H2,1-2H3/t12-/m0/s1. The van der Waals surface area contributed by atoms with Crippen LogP contribution in [0.5, 0.6) is 0 Å². The van der Waals surface area contributed by atoms with Gasteiger partial charge in [-0.2, -0.15) is 0 Å². The molecule has 2 nitrogen and oxygen atoms in total. The summed E-state index contributed by atoms with van der Waals surface area (Å²) < 4.78 is 13.7. The van der Waals surface area contributed by atoms with E-state index in [1.807, 2.05) is 19.9 Å². The van der Waals surface area contributed by atoms with Crippen molar-refractivity contribution in [2.75, 3.05) is 18.0 Å². The number of hydrogen-bond acceptors (Lipinski definition) is 2. The normalized spacial score (nSPS) is 18.6. The average Bonchev–Trinajstić information content (AvgIpc) is 2.60. The van der Waals surface area contributed by atoms with Crippen molar-refractivity contribution in [1.82, 2.24) is 0 Å². The third kappa shape index (κ3) is 2.83. The number of rotatable bonds is 2. The van der Waals surface area contributed by atoms with Gasteiger partial charge >= 0.3 is 0 Å². The molecule has 0 aliphatic carbocycles. The van der Waals surface area contributed by atoms with Crippen molar-refractivity contribution < 1.29 is 4.39 Å². The Kier molecular flexibility index (Phi) is 4.23. The lowest BCUT2D eigenvalue weighted by atomic mass is 10.0. The second-order valence-corrected chi connectivity index (χ2v) is 5.35. The lowest BCUT2D eigenvalue weighted by Crippen LogP contribution is -2.26. The summed E-state index contributed by atoms with van der Waals surface area (Å²) in [6.07, 6.45) is 5.03. The Morgan fingerprint density at radius 3 is 2.33 bits per heavy atom. The van der Waals surface area contributed by atoms with Gasteiger partial charge in [0.05, 0.1) is 0 Å². The fraction of sp³-hybridized carbons (Fsp3) is 0.600. The number of anilines is 1. The Hall–Kier alpha value is -1.09. The first-order valence-electron chi connectivity index (χ1n) is 6.90. The van der Waals surface area contributed by atoms with Gasteiger partial charge in [-0.05, 0) is 49.9 Å². The van der Waals surface area contributed by atoms with Gasteiger partial charge < -0.3 is 10.6 Å². The lowest BCUT2D eigenvalue weighted by Gasteiger charge is -2.27. The molecule has 1 fully saturated rings. The lowest BCUT2D eigenvalue weighted by molar-refractivity contribution is 0.612. The van der Waals surface area contributed by atoms with Crippen LogP contribution >= 0.6 is 0 Å². The number of hydrogen-bond donors (Lipinski definition) is 1. The molecule has 1 aliphatic heterocycles. The van der Waals surface area contributed by atoms with Gasteiger partial charge in [-0.3, -0.25) is 0 Å². The van der Waals surface area contributed by atoms with Gasteiger partial charge in [-0.15, -0.1) is 0 Å². The topological polar surface area (TPSA) is 29.3 Å². The molecule has 2 rings (SSSR count). The minimum Gasteiger partial charge on any atom is -0.371 e. The molecule has 18 heavy (non-hydrogen) atoms. The maximum Gasteiger partial charge on any atom is 0.126 e. The summed E-state index contributed by atoms with van der Waals surface area (Å²) in [5, 5.41) is 0. The molecule has 1 heterocycles. The molecule has 3 heteroatoms. The minimum atomic E-state index is -0.152. The molecular formula is C15H23FN2. The van der Waals surface area contributed by atoms with E-state index in [4.69, 9.17) is 5.73 Å². The van der Waals surface area contributed by atoms with Gasteiger partial charge in [-0.25, -0.2) is 4.39 Å². The predicted octanol–water partition coefficient (Wildman–Crippen LogP) is 3.53. The first-order chi connectivity index (χ1) is 8.59. The van der Waals surface area contributed by atoms with E-state index in [1.54, 1.807) is 6.07 Å². The quantitative estimate of drug-likeness (QED) is 0.870. The zero-order chi connectivity index (χ0) is 13.1. The van der Waals surface area contributed by atoms with Crippen LogP contribution in [0.1, 0.15) is 49.8 Å². The van der Waals surface area contributed by atoms with E-state index in [2.05, 4.69) is 4.90 Å². The summed E-state index contributed by atoms with van der Waals surface area (Å²) in [6.45, 7) is 5.86. The van der Waals surface area contributed by atoms with E-state index >= 15 is 0 Å². The number of aryl methyl sites for hydroxylation is 1. The van der Waals surface area contributed by atoms with Crippen LogP contribution in [0.3, 0.4) is 0 Å². The molecule has 1 saturated heterocycles. The highest BCUT2D eigenvalue weighted by Gasteiger charge is 2.17. The van der Waals surface area contributed by atoms with E-state index < -0.39 is 0 Å².